The molecule has 0 amide bonds. The predicted octanol–water partition coefficient (Wildman–Crippen LogP) is 3.28. The molecular weight excluding hydrogens is 200 g/mol. The van der Waals surface area contributed by atoms with Gasteiger partial charge in [0.25, 0.3) is 0 Å². The van der Waals surface area contributed by atoms with E-state index >= 15 is 0 Å². The van der Waals surface area contributed by atoms with E-state index in [-0.39, 0.29) is 5.75 Å². The summed E-state index contributed by atoms with van der Waals surface area (Å²) in [6, 6.07) is 15.1. The van der Waals surface area contributed by atoms with E-state index in [4.69, 9.17) is 4.74 Å². The normalized spacial score (nSPS) is 10.1. The second-order valence-corrected chi connectivity index (χ2v) is 3.67. The zero-order chi connectivity index (χ0) is 11.4. The molecule has 0 unspecified atom stereocenters. The highest BCUT2D eigenvalue weighted by Crippen LogP contribution is 2.22. The Bertz CT molecular complexity index is 443. The Labute approximate surface area is 95.1 Å². The molecule has 0 aliphatic carbocycles. The molecule has 1 N–H and O–H groups in total. The van der Waals surface area contributed by atoms with Gasteiger partial charge in [0.15, 0.2) is 0 Å². The van der Waals surface area contributed by atoms with Gasteiger partial charge < -0.3 is 9.84 Å². The minimum absolute atomic E-state index is 0.288. The van der Waals surface area contributed by atoms with Crippen molar-refractivity contribution in [2.24, 2.45) is 0 Å². The molecule has 2 aromatic rings. The van der Waals surface area contributed by atoms with Crippen molar-refractivity contribution in [3.63, 3.8) is 0 Å². The number of phenolic OH excluding ortho intramolecular Hbond substituents is 1. The third kappa shape index (κ3) is 2.34. The van der Waals surface area contributed by atoms with Gasteiger partial charge in [0.05, 0.1) is 0 Å². The number of benzene rings is 2. The Kier molecular flexibility index (Phi) is 3.10. The van der Waals surface area contributed by atoms with Gasteiger partial charge in [-0.3, -0.25) is 0 Å². The lowest BCUT2D eigenvalue weighted by molar-refractivity contribution is 0.298. The third-order valence-corrected chi connectivity index (χ3v) is 2.51. The van der Waals surface area contributed by atoms with Gasteiger partial charge >= 0.3 is 0 Å². The molecule has 0 atom stereocenters. The lowest BCUT2D eigenvalue weighted by atomic mass is 10.1. The van der Waals surface area contributed by atoms with Crippen LogP contribution in [0.3, 0.4) is 0 Å². The topological polar surface area (TPSA) is 29.5 Å². The van der Waals surface area contributed by atoms with E-state index in [0.29, 0.717) is 6.61 Å². The van der Waals surface area contributed by atoms with Gasteiger partial charge in [0, 0.05) is 5.56 Å². The van der Waals surface area contributed by atoms with Crippen molar-refractivity contribution in [1.29, 1.82) is 0 Å². The number of para-hydroxylation sites is 1. The largest absolute Gasteiger partial charge is 0.508 e. The molecular formula is C14H14O2. The summed E-state index contributed by atoms with van der Waals surface area (Å²) in [5.74, 6) is 1.10. The summed E-state index contributed by atoms with van der Waals surface area (Å²) >= 11 is 0. The van der Waals surface area contributed by atoms with Gasteiger partial charge in [-0.1, -0.05) is 30.3 Å². The Morgan fingerprint density at radius 2 is 1.75 bits per heavy atom. The molecule has 82 valence electrons. The molecule has 2 aromatic carbocycles. The molecule has 2 heteroatoms. The number of hydrogen-bond acceptors (Lipinski definition) is 2. The maximum absolute atomic E-state index is 9.69. The number of hydrogen-bond donors (Lipinski definition) is 1. The molecule has 16 heavy (non-hydrogen) atoms. The Morgan fingerprint density at radius 3 is 2.44 bits per heavy atom. The van der Waals surface area contributed by atoms with Crippen LogP contribution in [0.5, 0.6) is 11.5 Å². The van der Waals surface area contributed by atoms with E-state index in [0.717, 1.165) is 16.9 Å². The van der Waals surface area contributed by atoms with Crippen LogP contribution < -0.4 is 4.74 Å². The third-order valence-electron chi connectivity index (χ3n) is 2.51. The van der Waals surface area contributed by atoms with Crippen LogP contribution in [-0.2, 0) is 6.61 Å². The van der Waals surface area contributed by atoms with Crippen LogP contribution in [0.4, 0.5) is 0 Å². The number of phenols is 1. The maximum Gasteiger partial charge on any atom is 0.122 e. The molecule has 0 aromatic heterocycles. The van der Waals surface area contributed by atoms with Crippen LogP contribution in [0.1, 0.15) is 11.1 Å². The first-order valence-electron chi connectivity index (χ1n) is 5.22. The molecule has 0 radical (unpaired) electrons. The van der Waals surface area contributed by atoms with Crippen molar-refractivity contribution in [2.75, 3.05) is 0 Å². The molecule has 0 spiro atoms. The van der Waals surface area contributed by atoms with Crippen molar-refractivity contribution in [3.8, 4) is 11.5 Å². The predicted molar refractivity (Wildman–Crippen MR) is 63.6 cm³/mol. The summed E-state index contributed by atoms with van der Waals surface area (Å²) < 4.78 is 5.59. The summed E-state index contributed by atoms with van der Waals surface area (Å²) in [5.41, 5.74) is 1.88. The first-order valence-corrected chi connectivity index (χ1v) is 5.22. The number of ether oxygens (including phenoxy) is 1. The fourth-order valence-corrected chi connectivity index (χ4v) is 1.55. The van der Waals surface area contributed by atoms with Crippen LogP contribution in [0.25, 0.3) is 0 Å². The summed E-state index contributed by atoms with van der Waals surface area (Å²) in [6.07, 6.45) is 0. The first kappa shape index (κ1) is 10.6. The van der Waals surface area contributed by atoms with Crippen LogP contribution in [0.2, 0.25) is 0 Å². The molecule has 0 saturated heterocycles. The lowest BCUT2D eigenvalue weighted by Gasteiger charge is -2.10. The Balaban J connectivity index is 2.11. The maximum atomic E-state index is 9.69. The second kappa shape index (κ2) is 4.71. The highest BCUT2D eigenvalue weighted by atomic mass is 16.5. The van der Waals surface area contributed by atoms with Gasteiger partial charge in [0.2, 0.25) is 0 Å². The molecule has 0 aliphatic heterocycles. The van der Waals surface area contributed by atoms with E-state index in [1.807, 2.05) is 49.4 Å². The summed E-state index contributed by atoms with van der Waals surface area (Å²) in [7, 11) is 0. The number of rotatable bonds is 3. The van der Waals surface area contributed by atoms with E-state index in [9.17, 15) is 5.11 Å². The monoisotopic (exact) mass is 214 g/mol. The fraction of sp³-hybridized carbons (Fsp3) is 0.143. The summed E-state index contributed by atoms with van der Waals surface area (Å²) in [6.45, 7) is 2.35. The molecule has 0 fully saturated rings. The first-order chi connectivity index (χ1) is 7.77. The van der Waals surface area contributed by atoms with E-state index in [2.05, 4.69) is 0 Å². The van der Waals surface area contributed by atoms with Crippen LogP contribution in [-0.4, -0.2) is 5.11 Å². The fourth-order valence-electron chi connectivity index (χ4n) is 1.55. The van der Waals surface area contributed by atoms with Gasteiger partial charge in [0.1, 0.15) is 18.1 Å². The van der Waals surface area contributed by atoms with Gasteiger partial charge in [-0.25, -0.2) is 0 Å². The van der Waals surface area contributed by atoms with Crippen molar-refractivity contribution in [1.82, 2.24) is 0 Å². The molecule has 0 bridgehead atoms. The standard InChI is InChI=1S/C14H14O2/c1-11-6-5-9-14(15)13(11)10-16-12-7-3-2-4-8-12/h2-9,15H,10H2,1H3. The SMILES string of the molecule is Cc1cccc(O)c1COc1ccccc1. The van der Waals surface area contributed by atoms with Gasteiger partial charge in [-0.15, -0.1) is 0 Å². The van der Waals surface area contributed by atoms with Gasteiger partial charge in [-0.2, -0.15) is 0 Å². The van der Waals surface area contributed by atoms with Crippen LogP contribution in [0.15, 0.2) is 48.5 Å². The molecule has 2 rings (SSSR count). The molecule has 0 saturated carbocycles. The second-order valence-electron chi connectivity index (χ2n) is 3.67. The highest BCUT2D eigenvalue weighted by Gasteiger charge is 2.04. The van der Waals surface area contributed by atoms with E-state index in [1.165, 1.54) is 0 Å². The highest BCUT2D eigenvalue weighted by molar-refractivity contribution is 5.38. The minimum Gasteiger partial charge on any atom is -0.508 e. The molecule has 0 heterocycles. The van der Waals surface area contributed by atoms with Gasteiger partial charge in [-0.05, 0) is 30.7 Å². The lowest BCUT2D eigenvalue weighted by Crippen LogP contribution is -1.98. The summed E-state index contributed by atoms with van der Waals surface area (Å²) in [5, 5.41) is 9.69. The van der Waals surface area contributed by atoms with E-state index < -0.39 is 0 Å². The minimum atomic E-state index is 0.288. The van der Waals surface area contributed by atoms with Crippen molar-refractivity contribution < 1.29 is 9.84 Å². The van der Waals surface area contributed by atoms with Crippen LogP contribution in [0, 0.1) is 6.92 Å². The molecule has 0 aliphatic rings. The van der Waals surface area contributed by atoms with Crippen molar-refractivity contribution in [2.45, 2.75) is 13.5 Å². The smallest absolute Gasteiger partial charge is 0.122 e. The number of aryl methyl sites for hydroxylation is 1. The van der Waals surface area contributed by atoms with E-state index in [1.54, 1.807) is 6.07 Å². The number of aromatic hydroxyl groups is 1. The quantitative estimate of drug-likeness (QED) is 0.849. The van der Waals surface area contributed by atoms with Crippen molar-refractivity contribution >= 4 is 0 Å². The summed E-state index contributed by atoms with van der Waals surface area (Å²) in [4.78, 5) is 0. The molecule has 2 nitrogen and oxygen atoms in total. The Morgan fingerprint density at radius 1 is 1.00 bits per heavy atom. The zero-order valence-electron chi connectivity index (χ0n) is 9.18. The van der Waals surface area contributed by atoms with Crippen LogP contribution >= 0.6 is 0 Å². The average molecular weight is 214 g/mol. The average Bonchev–Trinajstić information content (AvgIpc) is 2.30. The van der Waals surface area contributed by atoms with Crippen molar-refractivity contribution in [3.05, 3.63) is 59.7 Å². The Hall–Kier alpha value is -1.96. The zero-order valence-corrected chi connectivity index (χ0v) is 9.18.